The van der Waals surface area contributed by atoms with Gasteiger partial charge in [0.05, 0.1) is 22.4 Å². The zero-order valence-corrected chi connectivity index (χ0v) is 9.22. The molecule has 0 saturated carbocycles. The standard InChI is InChI=1S/C11H14ClN3/c12-9-2-1-3-10-11(9)15-5-4-13-6-8(15)7-14-10/h1-3,8,13-14H,4-7H2. The van der Waals surface area contributed by atoms with Crippen molar-refractivity contribution in [3.05, 3.63) is 23.2 Å². The highest BCUT2D eigenvalue weighted by Crippen LogP contribution is 2.37. The second kappa shape index (κ2) is 3.58. The van der Waals surface area contributed by atoms with Gasteiger partial charge >= 0.3 is 0 Å². The van der Waals surface area contributed by atoms with Crippen molar-refractivity contribution in [2.75, 3.05) is 36.4 Å². The number of halogens is 1. The van der Waals surface area contributed by atoms with E-state index in [0.29, 0.717) is 6.04 Å². The third-order valence-electron chi connectivity index (χ3n) is 3.15. The van der Waals surface area contributed by atoms with Gasteiger partial charge in [0.15, 0.2) is 0 Å². The Bertz CT molecular complexity index is 380. The van der Waals surface area contributed by atoms with Crippen LogP contribution < -0.4 is 15.5 Å². The summed E-state index contributed by atoms with van der Waals surface area (Å²) in [6, 6.07) is 6.59. The number of hydrogen-bond donors (Lipinski definition) is 2. The van der Waals surface area contributed by atoms with Crippen molar-refractivity contribution in [2.45, 2.75) is 6.04 Å². The van der Waals surface area contributed by atoms with Gasteiger partial charge in [0.1, 0.15) is 0 Å². The predicted molar refractivity (Wildman–Crippen MR) is 63.9 cm³/mol. The van der Waals surface area contributed by atoms with Crippen molar-refractivity contribution in [3.8, 4) is 0 Å². The maximum Gasteiger partial charge on any atom is 0.0795 e. The van der Waals surface area contributed by atoms with Gasteiger partial charge in [-0.15, -0.1) is 0 Å². The second-order valence-electron chi connectivity index (χ2n) is 4.07. The van der Waals surface area contributed by atoms with Crippen LogP contribution in [0.1, 0.15) is 0 Å². The average Bonchev–Trinajstić information content (AvgIpc) is 2.29. The topological polar surface area (TPSA) is 27.3 Å². The molecule has 0 aromatic heterocycles. The molecular formula is C11H14ClN3. The van der Waals surface area contributed by atoms with Crippen LogP contribution in [-0.2, 0) is 0 Å². The highest BCUT2D eigenvalue weighted by Gasteiger charge is 2.29. The van der Waals surface area contributed by atoms with E-state index in [1.165, 1.54) is 11.4 Å². The van der Waals surface area contributed by atoms with Gasteiger partial charge in [0.2, 0.25) is 0 Å². The molecule has 1 fully saturated rings. The van der Waals surface area contributed by atoms with Crippen LogP contribution in [0, 0.1) is 0 Å². The van der Waals surface area contributed by atoms with Gasteiger partial charge in [-0.1, -0.05) is 17.7 Å². The Hall–Kier alpha value is -0.930. The quantitative estimate of drug-likeness (QED) is 0.699. The van der Waals surface area contributed by atoms with Crippen LogP contribution in [0.15, 0.2) is 18.2 Å². The number of nitrogens with zero attached hydrogens (tertiary/aromatic N) is 1. The molecule has 0 bridgehead atoms. The molecule has 1 aromatic carbocycles. The number of fused-ring (bicyclic) bond motifs is 3. The zero-order chi connectivity index (χ0) is 10.3. The lowest BCUT2D eigenvalue weighted by molar-refractivity contribution is 0.482. The van der Waals surface area contributed by atoms with Crippen LogP contribution in [0.25, 0.3) is 0 Å². The highest BCUT2D eigenvalue weighted by molar-refractivity contribution is 6.34. The fourth-order valence-corrected chi connectivity index (χ4v) is 2.70. The molecule has 15 heavy (non-hydrogen) atoms. The fourth-order valence-electron chi connectivity index (χ4n) is 2.42. The van der Waals surface area contributed by atoms with Crippen molar-refractivity contribution in [1.29, 1.82) is 0 Å². The molecule has 0 radical (unpaired) electrons. The second-order valence-corrected chi connectivity index (χ2v) is 4.48. The van der Waals surface area contributed by atoms with Gasteiger partial charge in [0, 0.05) is 26.2 Å². The van der Waals surface area contributed by atoms with Crippen LogP contribution in [0.5, 0.6) is 0 Å². The summed E-state index contributed by atoms with van der Waals surface area (Å²) in [5, 5.41) is 7.70. The van der Waals surface area contributed by atoms with Crippen molar-refractivity contribution in [3.63, 3.8) is 0 Å². The first-order valence-corrected chi connectivity index (χ1v) is 5.74. The molecule has 3 rings (SSSR count). The number of nitrogens with one attached hydrogen (secondary N) is 2. The van der Waals surface area contributed by atoms with Crippen molar-refractivity contribution >= 4 is 23.0 Å². The normalized spacial score (nSPS) is 24.1. The third kappa shape index (κ3) is 1.46. The summed E-state index contributed by atoms with van der Waals surface area (Å²) in [7, 11) is 0. The average molecular weight is 224 g/mol. The molecule has 0 aliphatic carbocycles. The Balaban J connectivity index is 2.05. The molecule has 0 amide bonds. The minimum atomic E-state index is 0.533. The lowest BCUT2D eigenvalue weighted by atomic mass is 10.1. The van der Waals surface area contributed by atoms with Gasteiger partial charge in [0.25, 0.3) is 0 Å². The van der Waals surface area contributed by atoms with E-state index in [1.807, 2.05) is 12.1 Å². The summed E-state index contributed by atoms with van der Waals surface area (Å²) in [6.45, 7) is 4.13. The van der Waals surface area contributed by atoms with Crippen molar-refractivity contribution in [1.82, 2.24) is 5.32 Å². The van der Waals surface area contributed by atoms with Crippen LogP contribution in [0.4, 0.5) is 11.4 Å². The largest absolute Gasteiger partial charge is 0.381 e. The van der Waals surface area contributed by atoms with E-state index in [0.717, 1.165) is 31.2 Å². The smallest absolute Gasteiger partial charge is 0.0795 e. The number of hydrogen-bond acceptors (Lipinski definition) is 3. The van der Waals surface area contributed by atoms with Gasteiger partial charge in [-0.25, -0.2) is 0 Å². The Morgan fingerprint density at radius 3 is 3.20 bits per heavy atom. The Morgan fingerprint density at radius 2 is 2.27 bits per heavy atom. The summed E-state index contributed by atoms with van der Waals surface area (Å²) in [5.74, 6) is 0. The van der Waals surface area contributed by atoms with Gasteiger partial charge < -0.3 is 15.5 Å². The van der Waals surface area contributed by atoms with E-state index in [9.17, 15) is 0 Å². The first kappa shape index (κ1) is 9.31. The molecule has 2 aliphatic rings. The Kier molecular flexibility index (Phi) is 2.22. The number of anilines is 2. The van der Waals surface area contributed by atoms with E-state index >= 15 is 0 Å². The monoisotopic (exact) mass is 223 g/mol. The molecule has 0 spiro atoms. The maximum atomic E-state index is 6.26. The van der Waals surface area contributed by atoms with Crippen LogP contribution in [-0.4, -0.2) is 32.2 Å². The SMILES string of the molecule is Clc1cccc2c1N1CCNCC1CN2. The van der Waals surface area contributed by atoms with E-state index in [2.05, 4.69) is 21.6 Å². The first-order valence-electron chi connectivity index (χ1n) is 5.36. The van der Waals surface area contributed by atoms with Crippen LogP contribution in [0.3, 0.4) is 0 Å². The van der Waals surface area contributed by atoms with Gasteiger partial charge in [-0.05, 0) is 12.1 Å². The minimum Gasteiger partial charge on any atom is -0.381 e. The maximum absolute atomic E-state index is 6.26. The number of piperazine rings is 1. The molecule has 80 valence electrons. The molecule has 3 nitrogen and oxygen atoms in total. The molecule has 1 atom stereocenters. The Morgan fingerprint density at radius 1 is 1.33 bits per heavy atom. The van der Waals surface area contributed by atoms with Crippen molar-refractivity contribution < 1.29 is 0 Å². The lowest BCUT2D eigenvalue weighted by Gasteiger charge is -2.43. The number of benzene rings is 1. The lowest BCUT2D eigenvalue weighted by Crippen LogP contribution is -2.56. The van der Waals surface area contributed by atoms with E-state index in [1.54, 1.807) is 0 Å². The first-order chi connectivity index (χ1) is 7.36. The molecule has 4 heteroatoms. The fraction of sp³-hybridized carbons (Fsp3) is 0.455. The van der Waals surface area contributed by atoms with Crippen LogP contribution >= 0.6 is 11.6 Å². The summed E-state index contributed by atoms with van der Waals surface area (Å²) < 4.78 is 0. The van der Waals surface area contributed by atoms with Gasteiger partial charge in [-0.2, -0.15) is 0 Å². The highest BCUT2D eigenvalue weighted by atomic mass is 35.5. The molecule has 1 aromatic rings. The summed E-state index contributed by atoms with van der Waals surface area (Å²) in [5.41, 5.74) is 2.34. The molecule has 1 unspecified atom stereocenters. The summed E-state index contributed by atoms with van der Waals surface area (Å²) in [4.78, 5) is 2.42. The molecule has 2 aliphatic heterocycles. The molecule has 1 saturated heterocycles. The minimum absolute atomic E-state index is 0.533. The Labute approximate surface area is 94.4 Å². The van der Waals surface area contributed by atoms with Crippen molar-refractivity contribution in [2.24, 2.45) is 0 Å². The summed E-state index contributed by atoms with van der Waals surface area (Å²) >= 11 is 6.26. The van der Waals surface area contributed by atoms with E-state index in [4.69, 9.17) is 11.6 Å². The van der Waals surface area contributed by atoms with Crippen LogP contribution in [0.2, 0.25) is 5.02 Å². The zero-order valence-electron chi connectivity index (χ0n) is 8.46. The number of para-hydroxylation sites is 1. The van der Waals surface area contributed by atoms with E-state index in [-0.39, 0.29) is 0 Å². The predicted octanol–water partition coefficient (Wildman–Crippen LogP) is 1.54. The molecular weight excluding hydrogens is 210 g/mol. The molecule has 2 N–H and O–H groups in total. The van der Waals surface area contributed by atoms with E-state index < -0.39 is 0 Å². The number of rotatable bonds is 0. The molecule has 2 heterocycles. The van der Waals surface area contributed by atoms with Gasteiger partial charge in [-0.3, -0.25) is 0 Å². The summed E-state index contributed by atoms with van der Waals surface area (Å²) in [6.07, 6.45) is 0. The third-order valence-corrected chi connectivity index (χ3v) is 3.46.